The molecule has 2 nitrogen and oxygen atoms in total. The molecule has 0 aliphatic heterocycles. The first-order valence-electron chi connectivity index (χ1n) is 8.70. The molecule has 126 valence electrons. The zero-order valence-corrected chi connectivity index (χ0v) is 15.8. The molecule has 1 saturated carbocycles. The Morgan fingerprint density at radius 2 is 1.38 bits per heavy atom. The summed E-state index contributed by atoms with van der Waals surface area (Å²) in [4.78, 5) is 11.3. The molecular formula is C21H26O2Si. The van der Waals surface area contributed by atoms with Crippen LogP contribution in [-0.4, -0.2) is 20.7 Å². The molecule has 1 fully saturated rings. The van der Waals surface area contributed by atoms with Gasteiger partial charge in [-0.05, 0) is 21.3 Å². The molecule has 3 heteroatoms. The third kappa shape index (κ3) is 3.11. The molecule has 3 rings (SSSR count). The van der Waals surface area contributed by atoms with Crippen molar-refractivity contribution in [2.75, 3.05) is 6.61 Å². The molecule has 1 aliphatic carbocycles. The summed E-state index contributed by atoms with van der Waals surface area (Å²) >= 11 is 0. The molecule has 0 atom stereocenters. The standard InChI is InChI=1S/C21H26O2Si/c1-21(2,3)24(19-10-6-4-7-11-19,20-12-8-5-9-13-20)23-16-17-14-18(22)15-17/h4-13,17H,14-16H2,1-3H3. The maximum Gasteiger partial charge on any atom is 0.261 e. The average Bonchev–Trinajstić information content (AvgIpc) is 2.54. The van der Waals surface area contributed by atoms with Crippen molar-refractivity contribution in [2.45, 2.75) is 38.7 Å². The van der Waals surface area contributed by atoms with Crippen LogP contribution in [0.25, 0.3) is 0 Å². The van der Waals surface area contributed by atoms with Crippen LogP contribution in [0.4, 0.5) is 0 Å². The maximum atomic E-state index is 11.3. The first-order valence-corrected chi connectivity index (χ1v) is 10.6. The van der Waals surface area contributed by atoms with E-state index in [1.165, 1.54) is 10.4 Å². The normalized spacial score (nSPS) is 16.0. The van der Waals surface area contributed by atoms with E-state index in [-0.39, 0.29) is 5.04 Å². The van der Waals surface area contributed by atoms with Crippen LogP contribution in [-0.2, 0) is 9.22 Å². The third-order valence-corrected chi connectivity index (χ3v) is 9.99. The van der Waals surface area contributed by atoms with Gasteiger partial charge in [-0.3, -0.25) is 4.79 Å². The predicted octanol–water partition coefficient (Wildman–Crippen LogP) is 3.54. The second-order valence-electron chi connectivity index (χ2n) is 7.79. The van der Waals surface area contributed by atoms with Gasteiger partial charge in [-0.15, -0.1) is 0 Å². The fraction of sp³-hybridized carbons (Fsp3) is 0.381. The minimum atomic E-state index is -2.43. The Hall–Kier alpha value is -1.71. The first kappa shape index (κ1) is 17.1. The van der Waals surface area contributed by atoms with E-state index in [0.29, 0.717) is 31.1 Å². The zero-order chi connectivity index (χ0) is 17.2. The monoisotopic (exact) mass is 338 g/mol. The SMILES string of the molecule is CC(C)(C)[Si](OCC1CC(=O)C1)(c1ccccc1)c1ccccc1. The minimum absolute atomic E-state index is 0.00344. The summed E-state index contributed by atoms with van der Waals surface area (Å²) < 4.78 is 6.81. The number of benzene rings is 2. The Morgan fingerprint density at radius 1 is 0.917 bits per heavy atom. The minimum Gasteiger partial charge on any atom is -0.407 e. The average molecular weight is 339 g/mol. The van der Waals surface area contributed by atoms with E-state index in [4.69, 9.17) is 4.43 Å². The lowest BCUT2D eigenvalue weighted by Gasteiger charge is -2.44. The number of carbonyl (C=O) groups is 1. The van der Waals surface area contributed by atoms with Crippen LogP contribution >= 0.6 is 0 Å². The van der Waals surface area contributed by atoms with Crippen LogP contribution in [0, 0.1) is 5.92 Å². The summed E-state index contributed by atoms with van der Waals surface area (Å²) in [6.45, 7) is 7.53. The van der Waals surface area contributed by atoms with Crippen molar-refractivity contribution in [3.8, 4) is 0 Å². The summed E-state index contributed by atoms with van der Waals surface area (Å²) in [7, 11) is -2.43. The summed E-state index contributed by atoms with van der Waals surface area (Å²) in [5.41, 5.74) is 0. The van der Waals surface area contributed by atoms with Gasteiger partial charge >= 0.3 is 0 Å². The van der Waals surface area contributed by atoms with Crippen molar-refractivity contribution in [1.82, 2.24) is 0 Å². The highest BCUT2D eigenvalue weighted by molar-refractivity contribution is 6.99. The van der Waals surface area contributed by atoms with Crippen LogP contribution in [0.15, 0.2) is 60.7 Å². The molecule has 0 bridgehead atoms. The molecule has 24 heavy (non-hydrogen) atoms. The van der Waals surface area contributed by atoms with Crippen LogP contribution in [0.3, 0.4) is 0 Å². The highest BCUT2D eigenvalue weighted by atomic mass is 28.4. The van der Waals surface area contributed by atoms with E-state index in [9.17, 15) is 4.79 Å². The van der Waals surface area contributed by atoms with Gasteiger partial charge in [0.1, 0.15) is 5.78 Å². The number of rotatable bonds is 5. The van der Waals surface area contributed by atoms with Crippen molar-refractivity contribution in [2.24, 2.45) is 5.92 Å². The van der Waals surface area contributed by atoms with Gasteiger partial charge in [0, 0.05) is 19.4 Å². The van der Waals surface area contributed by atoms with Gasteiger partial charge < -0.3 is 4.43 Å². The molecule has 2 aromatic rings. The molecule has 0 unspecified atom stereocenters. The van der Waals surface area contributed by atoms with Crippen LogP contribution in [0.5, 0.6) is 0 Å². The van der Waals surface area contributed by atoms with Gasteiger partial charge in [0.05, 0.1) is 0 Å². The summed E-state index contributed by atoms with van der Waals surface area (Å²) in [5.74, 6) is 0.755. The molecule has 0 spiro atoms. The van der Waals surface area contributed by atoms with Crippen molar-refractivity contribution in [3.05, 3.63) is 60.7 Å². The van der Waals surface area contributed by atoms with Gasteiger partial charge in [-0.1, -0.05) is 81.4 Å². The van der Waals surface area contributed by atoms with Gasteiger partial charge in [0.15, 0.2) is 0 Å². The molecule has 0 amide bonds. The molecule has 1 aliphatic rings. The third-order valence-electron chi connectivity index (χ3n) is 4.99. The second-order valence-corrected chi connectivity index (χ2v) is 12.1. The summed E-state index contributed by atoms with van der Waals surface area (Å²) in [6.07, 6.45) is 1.36. The molecule has 0 saturated heterocycles. The van der Waals surface area contributed by atoms with E-state index in [2.05, 4.69) is 81.4 Å². The van der Waals surface area contributed by atoms with Crippen LogP contribution < -0.4 is 10.4 Å². The molecular weight excluding hydrogens is 312 g/mol. The topological polar surface area (TPSA) is 26.3 Å². The number of hydrogen-bond acceptors (Lipinski definition) is 2. The molecule has 2 aromatic carbocycles. The van der Waals surface area contributed by atoms with Gasteiger partial charge in [-0.2, -0.15) is 0 Å². The van der Waals surface area contributed by atoms with Crippen molar-refractivity contribution < 1.29 is 9.22 Å². The van der Waals surface area contributed by atoms with E-state index in [1.54, 1.807) is 0 Å². The quantitative estimate of drug-likeness (QED) is 0.780. The molecule has 0 aromatic heterocycles. The highest BCUT2D eigenvalue weighted by Crippen LogP contribution is 2.38. The number of carbonyl (C=O) groups excluding carboxylic acids is 1. The van der Waals surface area contributed by atoms with Gasteiger partial charge in [-0.25, -0.2) is 0 Å². The molecule has 0 heterocycles. The molecule has 0 radical (unpaired) electrons. The zero-order valence-electron chi connectivity index (χ0n) is 14.8. The van der Waals surface area contributed by atoms with E-state index in [1.807, 2.05) is 0 Å². The Labute approximate surface area is 146 Å². The number of hydrogen-bond donors (Lipinski definition) is 0. The largest absolute Gasteiger partial charge is 0.407 e. The lowest BCUT2D eigenvalue weighted by atomic mass is 9.85. The van der Waals surface area contributed by atoms with E-state index in [0.717, 1.165) is 0 Å². The van der Waals surface area contributed by atoms with Crippen molar-refractivity contribution >= 4 is 24.5 Å². The predicted molar refractivity (Wildman–Crippen MR) is 101 cm³/mol. The van der Waals surface area contributed by atoms with Gasteiger partial charge in [0.2, 0.25) is 0 Å². The maximum absolute atomic E-state index is 11.3. The van der Waals surface area contributed by atoms with E-state index >= 15 is 0 Å². The molecule has 0 N–H and O–H groups in total. The first-order chi connectivity index (χ1) is 11.4. The lowest BCUT2D eigenvalue weighted by Crippen LogP contribution is -2.67. The second kappa shape index (κ2) is 6.65. The lowest BCUT2D eigenvalue weighted by molar-refractivity contribution is -0.127. The van der Waals surface area contributed by atoms with Crippen molar-refractivity contribution in [1.29, 1.82) is 0 Å². The van der Waals surface area contributed by atoms with Crippen molar-refractivity contribution in [3.63, 3.8) is 0 Å². The van der Waals surface area contributed by atoms with Crippen LogP contribution in [0.2, 0.25) is 5.04 Å². The Morgan fingerprint density at radius 3 is 1.75 bits per heavy atom. The fourth-order valence-electron chi connectivity index (χ4n) is 3.71. The Kier molecular flexibility index (Phi) is 4.75. The number of ketones is 1. The van der Waals surface area contributed by atoms with Crippen LogP contribution in [0.1, 0.15) is 33.6 Å². The smallest absolute Gasteiger partial charge is 0.261 e. The van der Waals surface area contributed by atoms with Gasteiger partial charge in [0.25, 0.3) is 8.32 Å². The fourth-order valence-corrected chi connectivity index (χ4v) is 8.35. The Balaban J connectivity index is 2.05. The summed E-state index contributed by atoms with van der Waals surface area (Å²) in [5, 5.41) is 2.60. The van der Waals surface area contributed by atoms with E-state index < -0.39 is 8.32 Å². The Bertz CT molecular complexity index is 641. The number of Topliss-reactive ketones (excluding diaryl/α,β-unsaturated/α-hetero) is 1. The summed E-state index contributed by atoms with van der Waals surface area (Å²) in [6, 6.07) is 21.3. The highest BCUT2D eigenvalue weighted by Gasteiger charge is 2.50.